The average Bonchev–Trinajstić information content (AvgIpc) is 2.95. The van der Waals surface area contributed by atoms with Gasteiger partial charge in [0.05, 0.1) is 10.6 Å². The van der Waals surface area contributed by atoms with Crippen LogP contribution in [0.5, 0.6) is 0 Å². The Balaban J connectivity index is 1.68. The zero-order valence-corrected chi connectivity index (χ0v) is 11.3. The smallest absolute Gasteiger partial charge is 0.261 e. The van der Waals surface area contributed by atoms with E-state index in [1.54, 1.807) is 0 Å². The Hall–Kier alpha value is -1.40. The van der Waals surface area contributed by atoms with Crippen LogP contribution in [0.15, 0.2) is 17.5 Å². The van der Waals surface area contributed by atoms with Gasteiger partial charge in [0, 0.05) is 17.3 Å². The number of thiazole rings is 1. The van der Waals surface area contributed by atoms with Gasteiger partial charge in [0.2, 0.25) is 0 Å². The Bertz CT molecular complexity index is 562. The van der Waals surface area contributed by atoms with E-state index in [1.165, 1.54) is 27.6 Å². The summed E-state index contributed by atoms with van der Waals surface area (Å²) in [4.78, 5) is 18.2. The van der Waals surface area contributed by atoms with Gasteiger partial charge in [-0.3, -0.25) is 4.79 Å². The zero-order chi connectivity index (χ0) is 12.5. The number of nitrogens with one attached hydrogen (secondary N) is 1. The van der Waals surface area contributed by atoms with Gasteiger partial charge in [-0.05, 0) is 24.3 Å². The van der Waals surface area contributed by atoms with Crippen molar-refractivity contribution in [2.24, 2.45) is 0 Å². The molecule has 3 N–H and O–H groups in total. The lowest BCUT2D eigenvalue weighted by Gasteiger charge is -2.21. The van der Waals surface area contributed by atoms with Crippen LogP contribution in [0.2, 0.25) is 0 Å². The minimum Gasteiger partial charge on any atom is -0.375 e. The molecule has 2 heterocycles. The zero-order valence-electron chi connectivity index (χ0n) is 9.68. The van der Waals surface area contributed by atoms with Crippen LogP contribution in [0.1, 0.15) is 26.7 Å². The number of nitrogen functional groups attached to an aromatic ring is 1. The summed E-state index contributed by atoms with van der Waals surface area (Å²) < 4.78 is 0. The molecule has 0 aromatic carbocycles. The number of aromatic nitrogens is 1. The second kappa shape index (κ2) is 4.70. The fourth-order valence-electron chi connectivity index (χ4n) is 2.18. The maximum atomic E-state index is 12.0. The largest absolute Gasteiger partial charge is 0.375 e. The number of carbonyl (C=O) groups is 1. The molecular formula is C12H13N3OS2. The van der Waals surface area contributed by atoms with Crippen LogP contribution < -0.4 is 11.1 Å². The lowest BCUT2D eigenvalue weighted by molar-refractivity contribution is 0.0938. The quantitative estimate of drug-likeness (QED) is 0.884. The van der Waals surface area contributed by atoms with Gasteiger partial charge in [0.1, 0.15) is 0 Å². The van der Waals surface area contributed by atoms with Crippen molar-refractivity contribution in [3.05, 3.63) is 33.0 Å². The third-order valence-corrected chi connectivity index (χ3v) is 4.85. The molecule has 2 aromatic rings. The average molecular weight is 279 g/mol. The van der Waals surface area contributed by atoms with Crippen molar-refractivity contribution in [2.45, 2.75) is 25.3 Å². The molecule has 1 aliphatic rings. The first kappa shape index (κ1) is 11.7. The second-order valence-corrected chi connectivity index (χ2v) is 6.38. The first-order valence-electron chi connectivity index (χ1n) is 5.81. The van der Waals surface area contributed by atoms with Gasteiger partial charge in [-0.2, -0.15) is 0 Å². The fourth-order valence-corrected chi connectivity index (χ4v) is 3.77. The number of fused-ring (bicyclic) bond motifs is 1. The minimum atomic E-state index is 0.0240. The number of carbonyl (C=O) groups excluding carboxylic acids is 1. The van der Waals surface area contributed by atoms with Crippen LogP contribution in [0.25, 0.3) is 0 Å². The summed E-state index contributed by atoms with van der Waals surface area (Å²) in [5, 5.41) is 5.63. The summed E-state index contributed by atoms with van der Waals surface area (Å²) in [6.07, 6.45) is 2.69. The van der Waals surface area contributed by atoms with Crippen molar-refractivity contribution >= 4 is 33.7 Å². The van der Waals surface area contributed by atoms with Crippen molar-refractivity contribution in [1.29, 1.82) is 0 Å². The van der Waals surface area contributed by atoms with Gasteiger partial charge in [-0.1, -0.05) is 6.07 Å². The highest BCUT2D eigenvalue weighted by atomic mass is 32.1. The van der Waals surface area contributed by atoms with Crippen LogP contribution in [0.3, 0.4) is 0 Å². The summed E-state index contributed by atoms with van der Waals surface area (Å²) in [6, 6.07) is 3.94. The first-order chi connectivity index (χ1) is 8.72. The summed E-state index contributed by atoms with van der Waals surface area (Å²) in [5.74, 6) is 0.0240. The summed E-state index contributed by atoms with van der Waals surface area (Å²) in [7, 11) is 0. The van der Waals surface area contributed by atoms with Crippen molar-refractivity contribution < 1.29 is 4.79 Å². The van der Waals surface area contributed by atoms with Gasteiger partial charge >= 0.3 is 0 Å². The molecule has 1 aliphatic carbocycles. The van der Waals surface area contributed by atoms with Gasteiger partial charge in [0.25, 0.3) is 5.91 Å². The standard InChI is InChI=1S/C12H13N3OS2/c13-12-15-8-4-3-7(6-10(8)18-12)14-11(16)9-2-1-5-17-9/h1-2,5,7H,3-4,6H2,(H2,13,15)(H,14,16). The van der Waals surface area contributed by atoms with Crippen LogP contribution >= 0.6 is 22.7 Å². The number of anilines is 1. The Morgan fingerprint density at radius 2 is 2.44 bits per heavy atom. The Kier molecular flexibility index (Phi) is 3.05. The van der Waals surface area contributed by atoms with Crippen molar-refractivity contribution in [3.63, 3.8) is 0 Å². The molecule has 1 amide bonds. The first-order valence-corrected chi connectivity index (χ1v) is 7.50. The van der Waals surface area contributed by atoms with Gasteiger partial charge < -0.3 is 11.1 Å². The lowest BCUT2D eigenvalue weighted by atomic mass is 9.97. The second-order valence-electron chi connectivity index (χ2n) is 4.31. The van der Waals surface area contributed by atoms with E-state index in [9.17, 15) is 4.79 Å². The SMILES string of the molecule is Nc1nc2c(s1)CC(NC(=O)c1cccs1)CC2. The van der Waals surface area contributed by atoms with E-state index >= 15 is 0 Å². The number of thiophene rings is 1. The maximum absolute atomic E-state index is 12.0. The van der Waals surface area contributed by atoms with Gasteiger partial charge in [-0.25, -0.2) is 4.98 Å². The minimum absolute atomic E-state index is 0.0240. The van der Waals surface area contributed by atoms with Gasteiger partial charge in [-0.15, -0.1) is 22.7 Å². The van der Waals surface area contributed by atoms with Crippen molar-refractivity contribution in [2.75, 3.05) is 5.73 Å². The Labute approximate surface area is 113 Å². The van der Waals surface area contributed by atoms with E-state index in [2.05, 4.69) is 10.3 Å². The van der Waals surface area contributed by atoms with Gasteiger partial charge in [0.15, 0.2) is 5.13 Å². The highest BCUT2D eigenvalue weighted by molar-refractivity contribution is 7.15. The third kappa shape index (κ3) is 2.26. The molecule has 0 spiro atoms. The number of nitrogens with zero attached hydrogens (tertiary/aromatic N) is 1. The molecule has 3 rings (SSSR count). The molecule has 1 unspecified atom stereocenters. The van der Waals surface area contributed by atoms with Crippen molar-refractivity contribution in [3.8, 4) is 0 Å². The van der Waals surface area contributed by atoms with Crippen LogP contribution in [-0.4, -0.2) is 16.9 Å². The molecule has 94 valence electrons. The highest BCUT2D eigenvalue weighted by Crippen LogP contribution is 2.28. The predicted octanol–water partition coefficient (Wildman–Crippen LogP) is 2.07. The molecule has 0 fully saturated rings. The monoisotopic (exact) mass is 279 g/mol. The molecule has 2 aromatic heterocycles. The fraction of sp³-hybridized carbons (Fsp3) is 0.333. The maximum Gasteiger partial charge on any atom is 0.261 e. The van der Waals surface area contributed by atoms with Crippen LogP contribution in [0.4, 0.5) is 5.13 Å². The molecule has 0 radical (unpaired) electrons. The molecule has 18 heavy (non-hydrogen) atoms. The molecule has 0 saturated heterocycles. The Morgan fingerprint density at radius 1 is 1.56 bits per heavy atom. The van der Waals surface area contributed by atoms with E-state index < -0.39 is 0 Å². The molecular weight excluding hydrogens is 266 g/mol. The molecule has 0 saturated carbocycles. The van der Waals surface area contributed by atoms with E-state index in [4.69, 9.17) is 5.73 Å². The number of nitrogens with two attached hydrogens (primary N) is 1. The lowest BCUT2D eigenvalue weighted by Crippen LogP contribution is -2.38. The summed E-state index contributed by atoms with van der Waals surface area (Å²) >= 11 is 3.00. The van der Waals surface area contributed by atoms with Crippen LogP contribution in [0, 0.1) is 0 Å². The number of amides is 1. The predicted molar refractivity (Wildman–Crippen MR) is 74.1 cm³/mol. The molecule has 6 heteroatoms. The molecule has 1 atom stereocenters. The third-order valence-electron chi connectivity index (χ3n) is 3.04. The molecule has 0 aliphatic heterocycles. The molecule has 0 bridgehead atoms. The van der Waals surface area contributed by atoms with E-state index in [0.717, 1.165) is 29.8 Å². The van der Waals surface area contributed by atoms with E-state index in [0.29, 0.717) is 5.13 Å². The number of hydrogen-bond acceptors (Lipinski definition) is 5. The summed E-state index contributed by atoms with van der Waals surface area (Å²) in [6.45, 7) is 0. The topological polar surface area (TPSA) is 68.0 Å². The van der Waals surface area contributed by atoms with Crippen molar-refractivity contribution in [1.82, 2.24) is 10.3 Å². The summed E-state index contributed by atoms with van der Waals surface area (Å²) in [5.41, 5.74) is 6.81. The highest BCUT2D eigenvalue weighted by Gasteiger charge is 2.23. The van der Waals surface area contributed by atoms with E-state index in [-0.39, 0.29) is 11.9 Å². The Morgan fingerprint density at radius 3 is 3.22 bits per heavy atom. The number of rotatable bonds is 2. The van der Waals surface area contributed by atoms with Crippen LogP contribution in [-0.2, 0) is 12.8 Å². The number of aryl methyl sites for hydroxylation is 1. The normalized spacial score (nSPS) is 18.3. The number of hydrogen-bond donors (Lipinski definition) is 2. The molecule has 4 nitrogen and oxygen atoms in total. The van der Waals surface area contributed by atoms with E-state index in [1.807, 2.05) is 17.5 Å².